The van der Waals surface area contributed by atoms with Crippen molar-refractivity contribution in [3.05, 3.63) is 45.5 Å². The molecule has 0 saturated heterocycles. The molecular weight excluding hydrogens is 431 g/mol. The van der Waals surface area contributed by atoms with Gasteiger partial charge in [0.2, 0.25) is 5.95 Å². The van der Waals surface area contributed by atoms with E-state index < -0.39 is 12.1 Å². The predicted molar refractivity (Wildman–Crippen MR) is 114 cm³/mol. The lowest BCUT2D eigenvalue weighted by Crippen LogP contribution is -2.31. The van der Waals surface area contributed by atoms with Crippen molar-refractivity contribution in [2.75, 3.05) is 12.4 Å². The van der Waals surface area contributed by atoms with Gasteiger partial charge in [0.15, 0.2) is 11.2 Å². The van der Waals surface area contributed by atoms with Crippen molar-refractivity contribution in [2.45, 2.75) is 51.2 Å². The molecule has 2 heterocycles. The van der Waals surface area contributed by atoms with Crippen molar-refractivity contribution in [3.63, 3.8) is 0 Å². The lowest BCUT2D eigenvalue weighted by Gasteiger charge is -2.30. The van der Waals surface area contributed by atoms with E-state index in [0.29, 0.717) is 47.5 Å². The minimum atomic E-state index is -4.19. The molecule has 1 N–H and O–H groups in total. The van der Waals surface area contributed by atoms with E-state index in [1.54, 1.807) is 35.9 Å². The second kappa shape index (κ2) is 8.18. The normalized spacial score (nSPS) is 19.7. The van der Waals surface area contributed by atoms with Crippen LogP contribution in [0.5, 0.6) is 0 Å². The van der Waals surface area contributed by atoms with Gasteiger partial charge < -0.3 is 5.32 Å². The molecule has 1 saturated carbocycles. The van der Waals surface area contributed by atoms with E-state index >= 15 is 0 Å². The van der Waals surface area contributed by atoms with Crippen LogP contribution in [0.15, 0.2) is 29.1 Å². The van der Waals surface area contributed by atoms with Gasteiger partial charge in [0.05, 0.1) is 11.6 Å². The zero-order valence-corrected chi connectivity index (χ0v) is 18.0. The number of benzene rings is 1. The molecule has 6 nitrogen and oxygen atoms in total. The smallest absolute Gasteiger partial charge is 0.359 e. The largest absolute Gasteiger partial charge is 0.391 e. The zero-order chi connectivity index (χ0) is 22.3. The van der Waals surface area contributed by atoms with Crippen molar-refractivity contribution < 1.29 is 13.2 Å². The second-order valence-corrected chi connectivity index (χ2v) is 8.22. The average molecular weight is 454 g/mol. The molecule has 31 heavy (non-hydrogen) atoms. The van der Waals surface area contributed by atoms with Gasteiger partial charge in [0.1, 0.15) is 5.82 Å². The summed E-state index contributed by atoms with van der Waals surface area (Å²) in [5, 5.41) is 3.49. The van der Waals surface area contributed by atoms with E-state index in [1.165, 1.54) is 4.57 Å². The van der Waals surface area contributed by atoms with Gasteiger partial charge in [-0.25, -0.2) is 9.97 Å². The van der Waals surface area contributed by atoms with E-state index in [0.717, 1.165) is 0 Å². The predicted octanol–water partition coefficient (Wildman–Crippen LogP) is 5.13. The topological polar surface area (TPSA) is 64.7 Å². The number of halogens is 4. The number of nitrogens with one attached hydrogen (secondary N) is 1. The molecular formula is C21H23ClF3N5O. The van der Waals surface area contributed by atoms with Crippen LogP contribution in [0.1, 0.15) is 44.3 Å². The van der Waals surface area contributed by atoms with Crippen LogP contribution < -0.4 is 10.9 Å². The highest BCUT2D eigenvalue weighted by Crippen LogP contribution is 2.42. The maximum Gasteiger partial charge on any atom is 0.391 e. The van der Waals surface area contributed by atoms with E-state index in [1.807, 2.05) is 6.92 Å². The molecule has 0 atom stereocenters. The van der Waals surface area contributed by atoms with Crippen molar-refractivity contribution in [1.82, 2.24) is 19.1 Å². The van der Waals surface area contributed by atoms with Gasteiger partial charge in [-0.05, 0) is 56.9 Å². The summed E-state index contributed by atoms with van der Waals surface area (Å²) in [6, 6.07) is 6.75. The van der Waals surface area contributed by atoms with Crippen molar-refractivity contribution >= 4 is 28.7 Å². The Bertz CT molecular complexity index is 1150. The minimum absolute atomic E-state index is 0.0253. The fraction of sp³-hybridized carbons (Fsp3) is 0.476. The maximum atomic E-state index is 13.5. The molecule has 4 rings (SSSR count). The van der Waals surface area contributed by atoms with Crippen LogP contribution in [0.2, 0.25) is 5.02 Å². The second-order valence-electron chi connectivity index (χ2n) is 7.78. The van der Waals surface area contributed by atoms with Crippen molar-refractivity contribution in [3.8, 4) is 5.69 Å². The van der Waals surface area contributed by atoms with Gasteiger partial charge in [-0.3, -0.25) is 13.9 Å². The van der Waals surface area contributed by atoms with E-state index in [2.05, 4.69) is 10.3 Å². The number of anilines is 1. The molecule has 0 aliphatic heterocycles. The van der Waals surface area contributed by atoms with Crippen LogP contribution in [0.4, 0.5) is 19.1 Å². The molecule has 0 amide bonds. The third kappa shape index (κ3) is 3.91. The molecule has 2 aromatic heterocycles. The number of alkyl halides is 3. The molecule has 1 aromatic carbocycles. The van der Waals surface area contributed by atoms with Gasteiger partial charge in [0.25, 0.3) is 5.56 Å². The van der Waals surface area contributed by atoms with Crippen LogP contribution in [0.3, 0.4) is 0 Å². The first-order valence-corrected chi connectivity index (χ1v) is 10.7. The van der Waals surface area contributed by atoms with Gasteiger partial charge in [0, 0.05) is 24.5 Å². The third-order valence-corrected chi connectivity index (χ3v) is 6.23. The Morgan fingerprint density at radius 1 is 1.13 bits per heavy atom. The van der Waals surface area contributed by atoms with Gasteiger partial charge in [-0.2, -0.15) is 13.2 Å². The number of aromatic nitrogens is 4. The van der Waals surface area contributed by atoms with Crippen molar-refractivity contribution in [2.24, 2.45) is 5.92 Å². The molecule has 10 heteroatoms. The summed E-state index contributed by atoms with van der Waals surface area (Å²) in [6.07, 6.45) is -3.51. The molecule has 3 aromatic rings. The van der Waals surface area contributed by atoms with Crippen LogP contribution in [0, 0.1) is 5.92 Å². The van der Waals surface area contributed by atoms with Crippen LogP contribution >= 0.6 is 11.6 Å². The fourth-order valence-corrected chi connectivity index (χ4v) is 4.48. The third-order valence-electron chi connectivity index (χ3n) is 5.98. The Morgan fingerprint density at radius 3 is 2.32 bits per heavy atom. The summed E-state index contributed by atoms with van der Waals surface area (Å²) >= 11 is 6.01. The van der Waals surface area contributed by atoms with Gasteiger partial charge >= 0.3 is 6.18 Å². The average Bonchev–Trinajstić information content (AvgIpc) is 3.12. The highest BCUT2D eigenvalue weighted by Gasteiger charge is 2.42. The van der Waals surface area contributed by atoms with Gasteiger partial charge in [-0.1, -0.05) is 11.6 Å². The number of rotatable bonds is 4. The Kier molecular flexibility index (Phi) is 5.72. The number of hydrogen-bond acceptors (Lipinski definition) is 4. The molecule has 166 valence electrons. The molecule has 0 radical (unpaired) electrons. The highest BCUT2D eigenvalue weighted by atomic mass is 35.5. The highest BCUT2D eigenvalue weighted by molar-refractivity contribution is 6.30. The van der Waals surface area contributed by atoms with E-state index in [4.69, 9.17) is 16.6 Å². The van der Waals surface area contributed by atoms with Gasteiger partial charge in [-0.15, -0.1) is 0 Å². The standard InChI is InChI=1S/C21H23ClF3N5O/c1-3-29-18-16(27-20(29)26-2)19(31)30(15-10-8-14(22)9-11-15)17(28-18)12-4-6-13(7-5-12)21(23,24)25/h8-13H,3-7H2,1-2H3,(H,26,27)/t12-,13-. The summed E-state index contributed by atoms with van der Waals surface area (Å²) < 4.78 is 42.8. The van der Waals surface area contributed by atoms with Crippen LogP contribution in [-0.4, -0.2) is 32.3 Å². The maximum absolute atomic E-state index is 13.5. The zero-order valence-electron chi connectivity index (χ0n) is 17.2. The molecule has 1 aliphatic rings. The summed E-state index contributed by atoms with van der Waals surface area (Å²) in [5.41, 5.74) is 0.877. The first-order chi connectivity index (χ1) is 14.7. The van der Waals surface area contributed by atoms with E-state index in [-0.39, 0.29) is 29.8 Å². The first-order valence-electron chi connectivity index (χ1n) is 10.3. The first kappa shape index (κ1) is 21.7. The Balaban J connectivity index is 1.89. The molecule has 0 unspecified atom stereocenters. The Labute approximate surface area is 182 Å². The van der Waals surface area contributed by atoms with Crippen LogP contribution in [-0.2, 0) is 6.54 Å². The summed E-state index contributed by atoms with van der Waals surface area (Å²) in [4.78, 5) is 22.7. The lowest BCUT2D eigenvalue weighted by molar-refractivity contribution is -0.182. The molecule has 1 aliphatic carbocycles. The van der Waals surface area contributed by atoms with Crippen LogP contribution in [0.25, 0.3) is 16.9 Å². The quantitative estimate of drug-likeness (QED) is 0.594. The summed E-state index contributed by atoms with van der Waals surface area (Å²) in [5.74, 6) is -0.578. The minimum Gasteiger partial charge on any atom is -0.359 e. The molecule has 1 fully saturated rings. The number of aryl methyl sites for hydroxylation is 1. The number of nitrogens with zero attached hydrogens (tertiary/aromatic N) is 4. The number of hydrogen-bond donors (Lipinski definition) is 1. The molecule has 0 spiro atoms. The summed E-state index contributed by atoms with van der Waals surface area (Å²) in [6.45, 7) is 2.47. The number of fused-ring (bicyclic) bond motifs is 1. The SMILES string of the molecule is CCn1c(NC)nc2c(=O)n(-c3ccc(Cl)cc3)c([C@H]3CC[C@H](C(F)(F)F)CC3)nc21. The van der Waals surface area contributed by atoms with Crippen molar-refractivity contribution in [1.29, 1.82) is 0 Å². The van der Waals surface area contributed by atoms with E-state index in [9.17, 15) is 18.0 Å². The Morgan fingerprint density at radius 2 is 1.77 bits per heavy atom. The lowest BCUT2D eigenvalue weighted by atomic mass is 9.81. The Hall–Kier alpha value is -2.55. The molecule has 0 bridgehead atoms. The summed E-state index contributed by atoms with van der Waals surface area (Å²) in [7, 11) is 1.71. The number of imidazole rings is 1. The monoisotopic (exact) mass is 453 g/mol. The fourth-order valence-electron chi connectivity index (χ4n) is 4.35.